The fraction of sp³-hybridized carbons (Fsp3) is 0.125. The van der Waals surface area contributed by atoms with Crippen LogP contribution in [-0.4, -0.2) is 35.0 Å². The van der Waals surface area contributed by atoms with E-state index in [9.17, 15) is 14.4 Å². The standard InChI is InChI=1S/C16H15N3O5/c1-9(20)18-11-4-6-14(24-2)13(7-11)19-15(21)12-5-3-10(8-17-12)16(22)23/h3-8H,1-2H3,(H,18,20)(H,19,21)(H,22,23). The van der Waals surface area contributed by atoms with Crippen LogP contribution in [0.25, 0.3) is 0 Å². The molecule has 1 aromatic heterocycles. The maximum atomic E-state index is 12.2. The van der Waals surface area contributed by atoms with Gasteiger partial charge < -0.3 is 20.5 Å². The Morgan fingerprint density at radius 1 is 1.12 bits per heavy atom. The number of carboxylic acids is 1. The lowest BCUT2D eigenvalue weighted by atomic mass is 10.2. The first-order valence-corrected chi connectivity index (χ1v) is 6.87. The van der Waals surface area contributed by atoms with E-state index in [4.69, 9.17) is 9.84 Å². The van der Waals surface area contributed by atoms with Crippen LogP contribution in [0.3, 0.4) is 0 Å². The molecule has 0 bridgehead atoms. The predicted octanol–water partition coefficient (Wildman–Crippen LogP) is 2.00. The van der Waals surface area contributed by atoms with Gasteiger partial charge in [-0.2, -0.15) is 0 Å². The molecule has 0 radical (unpaired) electrons. The second-order valence-corrected chi connectivity index (χ2v) is 4.79. The Bertz CT molecular complexity index is 787. The number of ether oxygens (including phenoxy) is 1. The van der Waals surface area contributed by atoms with Gasteiger partial charge in [-0.3, -0.25) is 14.6 Å². The van der Waals surface area contributed by atoms with Gasteiger partial charge in [-0.25, -0.2) is 4.79 Å². The quantitative estimate of drug-likeness (QED) is 0.772. The summed E-state index contributed by atoms with van der Waals surface area (Å²) in [6.45, 7) is 1.37. The molecule has 0 saturated heterocycles. The third-order valence-corrected chi connectivity index (χ3v) is 3.01. The molecule has 0 atom stereocenters. The minimum Gasteiger partial charge on any atom is -0.495 e. The van der Waals surface area contributed by atoms with Crippen LogP contribution >= 0.6 is 0 Å². The van der Waals surface area contributed by atoms with E-state index < -0.39 is 11.9 Å². The molecule has 8 heteroatoms. The average Bonchev–Trinajstić information content (AvgIpc) is 2.54. The zero-order valence-electron chi connectivity index (χ0n) is 13.0. The van der Waals surface area contributed by atoms with Gasteiger partial charge in [0.15, 0.2) is 0 Å². The first-order chi connectivity index (χ1) is 11.4. The molecule has 124 valence electrons. The smallest absolute Gasteiger partial charge is 0.337 e. The summed E-state index contributed by atoms with van der Waals surface area (Å²) in [6.07, 6.45) is 1.10. The van der Waals surface area contributed by atoms with Gasteiger partial charge in [0.2, 0.25) is 5.91 Å². The number of methoxy groups -OCH3 is 1. The van der Waals surface area contributed by atoms with Crippen molar-refractivity contribution in [2.24, 2.45) is 0 Å². The van der Waals surface area contributed by atoms with Crippen molar-refractivity contribution in [3.8, 4) is 5.75 Å². The van der Waals surface area contributed by atoms with Crippen LogP contribution in [0.1, 0.15) is 27.8 Å². The molecule has 2 aromatic rings. The lowest BCUT2D eigenvalue weighted by Crippen LogP contribution is -2.15. The molecule has 2 amide bonds. The first-order valence-electron chi connectivity index (χ1n) is 6.87. The average molecular weight is 329 g/mol. The Kier molecular flexibility index (Phi) is 5.10. The van der Waals surface area contributed by atoms with Crippen molar-refractivity contribution < 1.29 is 24.2 Å². The minimum atomic E-state index is -1.13. The number of nitrogens with one attached hydrogen (secondary N) is 2. The van der Waals surface area contributed by atoms with Crippen molar-refractivity contribution >= 4 is 29.2 Å². The summed E-state index contributed by atoms with van der Waals surface area (Å²) in [4.78, 5) is 38.0. The number of hydrogen-bond acceptors (Lipinski definition) is 5. The van der Waals surface area contributed by atoms with Gasteiger partial charge in [0.05, 0.1) is 18.4 Å². The molecule has 0 unspecified atom stereocenters. The highest BCUT2D eigenvalue weighted by atomic mass is 16.5. The number of rotatable bonds is 5. The number of nitrogens with zero attached hydrogens (tertiary/aromatic N) is 1. The molecular weight excluding hydrogens is 314 g/mol. The Morgan fingerprint density at radius 3 is 2.42 bits per heavy atom. The van der Waals surface area contributed by atoms with E-state index in [1.54, 1.807) is 18.2 Å². The van der Waals surface area contributed by atoms with Gasteiger partial charge in [-0.05, 0) is 30.3 Å². The Balaban J connectivity index is 2.23. The highest BCUT2D eigenvalue weighted by Gasteiger charge is 2.13. The largest absolute Gasteiger partial charge is 0.495 e. The molecule has 3 N–H and O–H groups in total. The highest BCUT2D eigenvalue weighted by Crippen LogP contribution is 2.28. The van der Waals surface area contributed by atoms with E-state index in [-0.39, 0.29) is 17.2 Å². The van der Waals surface area contributed by atoms with Crippen molar-refractivity contribution in [2.45, 2.75) is 6.92 Å². The predicted molar refractivity (Wildman–Crippen MR) is 86.4 cm³/mol. The maximum absolute atomic E-state index is 12.2. The van der Waals surface area contributed by atoms with E-state index in [1.807, 2.05) is 0 Å². The van der Waals surface area contributed by atoms with Crippen LogP contribution in [0.15, 0.2) is 36.5 Å². The third kappa shape index (κ3) is 4.07. The van der Waals surface area contributed by atoms with Crippen LogP contribution in [0, 0.1) is 0 Å². The number of amides is 2. The van der Waals surface area contributed by atoms with Gasteiger partial charge in [0, 0.05) is 18.8 Å². The number of carboxylic acid groups (broad SMARTS) is 1. The molecule has 1 heterocycles. The molecule has 1 aromatic carbocycles. The molecular formula is C16H15N3O5. The van der Waals surface area contributed by atoms with Crippen LogP contribution < -0.4 is 15.4 Å². The van der Waals surface area contributed by atoms with Crippen LogP contribution in [0.2, 0.25) is 0 Å². The van der Waals surface area contributed by atoms with Crippen molar-refractivity contribution in [1.82, 2.24) is 4.98 Å². The molecule has 0 aliphatic carbocycles. The molecule has 0 spiro atoms. The first kappa shape index (κ1) is 16.9. The van der Waals surface area contributed by atoms with Gasteiger partial charge in [-0.15, -0.1) is 0 Å². The van der Waals surface area contributed by atoms with Crippen molar-refractivity contribution in [3.63, 3.8) is 0 Å². The number of pyridine rings is 1. The molecule has 0 aliphatic rings. The summed E-state index contributed by atoms with van der Waals surface area (Å²) in [6, 6.07) is 7.37. The molecule has 2 rings (SSSR count). The second-order valence-electron chi connectivity index (χ2n) is 4.79. The molecule has 0 fully saturated rings. The van der Waals surface area contributed by atoms with Crippen LogP contribution in [0.4, 0.5) is 11.4 Å². The Hall–Kier alpha value is -3.42. The highest BCUT2D eigenvalue weighted by molar-refractivity contribution is 6.04. The Labute approximate surface area is 137 Å². The number of benzene rings is 1. The molecule has 24 heavy (non-hydrogen) atoms. The van der Waals surface area contributed by atoms with Crippen molar-refractivity contribution in [3.05, 3.63) is 47.8 Å². The SMILES string of the molecule is COc1ccc(NC(C)=O)cc1NC(=O)c1ccc(C(=O)O)cn1. The minimum absolute atomic E-state index is 0.0169. The fourth-order valence-corrected chi connectivity index (χ4v) is 1.93. The van der Waals surface area contributed by atoms with Crippen molar-refractivity contribution in [2.75, 3.05) is 17.7 Å². The van der Waals surface area contributed by atoms with E-state index in [1.165, 1.54) is 26.2 Å². The van der Waals surface area contributed by atoms with Crippen LogP contribution in [-0.2, 0) is 4.79 Å². The summed E-state index contributed by atoms with van der Waals surface area (Å²) >= 11 is 0. The number of carbonyl (C=O) groups is 3. The van der Waals surface area contributed by atoms with E-state index >= 15 is 0 Å². The second kappa shape index (κ2) is 7.23. The number of aromatic carboxylic acids is 1. The van der Waals surface area contributed by atoms with Gasteiger partial charge in [0.25, 0.3) is 5.91 Å². The lowest BCUT2D eigenvalue weighted by Gasteiger charge is -2.12. The van der Waals surface area contributed by atoms with E-state index in [0.717, 1.165) is 6.20 Å². The molecule has 0 aliphatic heterocycles. The van der Waals surface area contributed by atoms with Gasteiger partial charge in [-0.1, -0.05) is 0 Å². The third-order valence-electron chi connectivity index (χ3n) is 3.01. The number of hydrogen-bond donors (Lipinski definition) is 3. The summed E-state index contributed by atoms with van der Waals surface area (Å²) in [5.41, 5.74) is 0.870. The monoisotopic (exact) mass is 329 g/mol. The fourth-order valence-electron chi connectivity index (χ4n) is 1.93. The number of carbonyl (C=O) groups excluding carboxylic acids is 2. The molecule has 8 nitrogen and oxygen atoms in total. The lowest BCUT2D eigenvalue weighted by molar-refractivity contribution is -0.114. The topological polar surface area (TPSA) is 118 Å². The van der Waals surface area contributed by atoms with Gasteiger partial charge in [0.1, 0.15) is 11.4 Å². The maximum Gasteiger partial charge on any atom is 0.337 e. The van der Waals surface area contributed by atoms with E-state index in [2.05, 4.69) is 15.6 Å². The Morgan fingerprint density at radius 2 is 1.88 bits per heavy atom. The number of aromatic nitrogens is 1. The normalized spacial score (nSPS) is 9.92. The zero-order valence-corrected chi connectivity index (χ0v) is 13.0. The molecule has 0 saturated carbocycles. The summed E-state index contributed by atoms with van der Waals surface area (Å²) in [7, 11) is 1.45. The summed E-state index contributed by atoms with van der Waals surface area (Å²) in [5, 5.41) is 14.0. The summed E-state index contributed by atoms with van der Waals surface area (Å²) < 4.78 is 5.17. The van der Waals surface area contributed by atoms with Crippen molar-refractivity contribution in [1.29, 1.82) is 0 Å². The number of anilines is 2. The van der Waals surface area contributed by atoms with Gasteiger partial charge >= 0.3 is 5.97 Å². The van der Waals surface area contributed by atoms with Crippen LogP contribution in [0.5, 0.6) is 5.75 Å². The summed E-state index contributed by atoms with van der Waals surface area (Å²) in [5.74, 6) is -1.51. The van der Waals surface area contributed by atoms with E-state index in [0.29, 0.717) is 17.1 Å². The zero-order chi connectivity index (χ0) is 17.7.